The van der Waals surface area contributed by atoms with E-state index in [9.17, 15) is 14.4 Å². The van der Waals surface area contributed by atoms with Crippen LogP contribution in [0.5, 0.6) is 0 Å². The van der Waals surface area contributed by atoms with Gasteiger partial charge in [0.15, 0.2) is 11.9 Å². The van der Waals surface area contributed by atoms with Crippen LogP contribution in [-0.4, -0.2) is 88.1 Å². The van der Waals surface area contributed by atoms with Crippen molar-refractivity contribution in [2.45, 2.75) is 32.9 Å². The zero-order chi connectivity index (χ0) is 29.8. The Hall–Kier alpha value is -4.49. The summed E-state index contributed by atoms with van der Waals surface area (Å²) in [6, 6.07) is 13.7. The van der Waals surface area contributed by atoms with Crippen molar-refractivity contribution in [1.82, 2.24) is 34.6 Å². The Morgan fingerprint density at radius 1 is 1.12 bits per heavy atom. The van der Waals surface area contributed by atoms with Crippen LogP contribution in [0.3, 0.4) is 0 Å². The van der Waals surface area contributed by atoms with Gasteiger partial charge in [0.05, 0.1) is 25.0 Å². The Labute approximate surface area is 238 Å². The van der Waals surface area contributed by atoms with Gasteiger partial charge in [-0.05, 0) is 51.6 Å². The number of para-hydroxylation sites is 1. The predicted octanol–water partition coefficient (Wildman–Crippen LogP) is 1.07. The lowest BCUT2D eigenvalue weighted by Crippen LogP contribution is -2.30. The molecule has 0 radical (unpaired) electrons. The Bertz CT molecular complexity index is 1460. The van der Waals surface area contributed by atoms with Gasteiger partial charge < -0.3 is 26.0 Å². The molecule has 4 aromatic rings. The number of aromatic nitrogens is 5. The number of nitrogens with zero attached hydrogens (tertiary/aromatic N) is 6. The summed E-state index contributed by atoms with van der Waals surface area (Å²) in [6.45, 7) is 6.53. The van der Waals surface area contributed by atoms with Gasteiger partial charge in [-0.15, -0.1) is 5.10 Å². The second-order valence-corrected chi connectivity index (χ2v) is 9.18. The summed E-state index contributed by atoms with van der Waals surface area (Å²) in [5, 5.41) is 22.4. The molecule has 13 heteroatoms. The molecule has 41 heavy (non-hydrogen) atoms. The fraction of sp³-hybridized carbons (Fsp3) is 0.393. The molecular weight excluding hydrogens is 526 g/mol. The molecule has 1 fully saturated rings. The van der Waals surface area contributed by atoms with Crippen molar-refractivity contribution in [3.8, 4) is 5.69 Å². The number of imidazole rings is 1. The number of nitrogens with one attached hydrogen (secondary N) is 3. The van der Waals surface area contributed by atoms with E-state index in [0.717, 1.165) is 36.9 Å². The van der Waals surface area contributed by atoms with E-state index in [1.807, 2.05) is 62.1 Å². The van der Waals surface area contributed by atoms with Crippen LogP contribution in [0.1, 0.15) is 29.4 Å². The molecule has 1 atom stereocenters. The highest BCUT2D eigenvalue weighted by molar-refractivity contribution is 5.76. The molecule has 1 saturated heterocycles. The number of benzene rings is 1. The summed E-state index contributed by atoms with van der Waals surface area (Å²) < 4.78 is 4.85. The maximum atomic E-state index is 12.1. The number of carbonyl (C=O) groups is 2. The highest BCUT2D eigenvalue weighted by Crippen LogP contribution is 2.19. The number of amides is 1. The molecule has 1 aliphatic rings. The lowest BCUT2D eigenvalue weighted by Gasteiger charge is -2.16. The molecule has 1 aliphatic heterocycles. The van der Waals surface area contributed by atoms with Crippen molar-refractivity contribution in [2.24, 2.45) is 0 Å². The van der Waals surface area contributed by atoms with Crippen LogP contribution >= 0.6 is 0 Å². The molecule has 0 spiro atoms. The van der Waals surface area contributed by atoms with E-state index in [1.54, 1.807) is 23.7 Å². The van der Waals surface area contributed by atoms with E-state index in [-0.39, 0.29) is 24.3 Å². The van der Waals surface area contributed by atoms with Gasteiger partial charge in [-0.25, -0.2) is 14.2 Å². The van der Waals surface area contributed by atoms with Crippen molar-refractivity contribution in [3.63, 3.8) is 0 Å². The molecule has 3 aromatic heterocycles. The molecule has 5 rings (SSSR count). The minimum atomic E-state index is -0.359. The van der Waals surface area contributed by atoms with Gasteiger partial charge in [0.25, 0.3) is 5.56 Å². The number of anilines is 2. The number of fused-ring (bicyclic) bond motifs is 1. The average molecular weight is 566 g/mol. The van der Waals surface area contributed by atoms with Gasteiger partial charge in [-0.1, -0.05) is 18.2 Å². The molecule has 1 aromatic carbocycles. The summed E-state index contributed by atoms with van der Waals surface area (Å²) in [5.74, 6) is 1.86. The molecule has 4 heterocycles. The van der Waals surface area contributed by atoms with Crippen LogP contribution in [0.4, 0.5) is 11.6 Å². The number of rotatable bonds is 9. The van der Waals surface area contributed by atoms with Gasteiger partial charge in [0, 0.05) is 38.4 Å². The largest absolute Gasteiger partial charge is 0.394 e. The number of likely N-dealkylation sites (N-methyl/N-ethyl adjacent to an activating group) is 1. The maximum Gasteiger partial charge on any atom is 0.282 e. The zero-order valence-electron chi connectivity index (χ0n) is 23.9. The standard InChI is InChI=1S/C13H14N2O3.C12H18N6.C3H7NO/c1-10-12(9-17)13(18)15(14(10)7-8-16)11-5-3-2-4-6-11;1-13-9-5-6-17(7-9)12-4-3-11-15-10(14-2)8-18(11)16-12;1-2-4-3-5/h2-6,9,16H,7-8H2,1H3;3-4,8-9,13-14H,5-7H2,1-2H3;3H,2H2,1H3,(H,4,5)/t;9-;/m.0./s1. The van der Waals surface area contributed by atoms with E-state index in [4.69, 9.17) is 5.11 Å². The smallest absolute Gasteiger partial charge is 0.282 e. The second-order valence-electron chi connectivity index (χ2n) is 9.18. The summed E-state index contributed by atoms with van der Waals surface area (Å²) in [4.78, 5) is 39.1. The normalized spacial score (nSPS) is 14.1. The number of aliphatic hydroxyl groups is 1. The minimum absolute atomic E-state index is 0.0971. The van der Waals surface area contributed by atoms with Crippen LogP contribution in [0.15, 0.2) is 53.5 Å². The summed E-state index contributed by atoms with van der Waals surface area (Å²) >= 11 is 0. The van der Waals surface area contributed by atoms with Crippen molar-refractivity contribution in [3.05, 3.63) is 70.3 Å². The number of hydrogen-bond donors (Lipinski definition) is 4. The molecule has 0 saturated carbocycles. The number of carbonyl (C=O) groups excluding carboxylic acids is 2. The van der Waals surface area contributed by atoms with E-state index < -0.39 is 0 Å². The average Bonchev–Trinajstić information content (AvgIpc) is 3.70. The predicted molar refractivity (Wildman–Crippen MR) is 159 cm³/mol. The lowest BCUT2D eigenvalue weighted by atomic mass is 10.3. The molecule has 0 aliphatic carbocycles. The third-order valence-electron chi connectivity index (χ3n) is 6.64. The van der Waals surface area contributed by atoms with Gasteiger partial charge in [-0.2, -0.15) is 0 Å². The zero-order valence-corrected chi connectivity index (χ0v) is 23.9. The van der Waals surface area contributed by atoms with Crippen molar-refractivity contribution in [2.75, 3.05) is 50.6 Å². The van der Waals surface area contributed by atoms with Gasteiger partial charge in [0.2, 0.25) is 6.41 Å². The Morgan fingerprint density at radius 3 is 2.44 bits per heavy atom. The van der Waals surface area contributed by atoms with Crippen molar-refractivity contribution < 1.29 is 14.7 Å². The Morgan fingerprint density at radius 2 is 1.88 bits per heavy atom. The monoisotopic (exact) mass is 565 g/mol. The first-order chi connectivity index (χ1) is 19.9. The van der Waals surface area contributed by atoms with Gasteiger partial charge in [0.1, 0.15) is 17.2 Å². The number of hydrogen-bond acceptors (Lipinski definition) is 9. The van der Waals surface area contributed by atoms with Crippen LogP contribution in [0.25, 0.3) is 11.3 Å². The topological polar surface area (TPSA) is 151 Å². The molecule has 0 unspecified atom stereocenters. The minimum Gasteiger partial charge on any atom is -0.394 e. The quantitative estimate of drug-likeness (QED) is 0.219. The Kier molecular flexibility index (Phi) is 11.6. The van der Waals surface area contributed by atoms with Crippen LogP contribution < -0.4 is 26.4 Å². The first kappa shape index (κ1) is 31.0. The SMILES string of the molecule is CCNC=O.CNc1cn2nc(N3CC[C@H](NC)C3)ccc2n1.Cc1c(C=O)c(=O)n(-c2ccccc2)n1CCO. The molecule has 13 nitrogen and oxygen atoms in total. The fourth-order valence-corrected chi connectivity index (χ4v) is 4.44. The fourth-order valence-electron chi connectivity index (χ4n) is 4.44. The summed E-state index contributed by atoms with van der Waals surface area (Å²) in [6.07, 6.45) is 4.32. The van der Waals surface area contributed by atoms with Gasteiger partial charge >= 0.3 is 0 Å². The van der Waals surface area contributed by atoms with Crippen LogP contribution in [0.2, 0.25) is 0 Å². The molecule has 4 N–H and O–H groups in total. The molecular formula is C28H39N9O4. The molecule has 1 amide bonds. The van der Waals surface area contributed by atoms with Gasteiger partial charge in [-0.3, -0.25) is 19.1 Å². The van der Waals surface area contributed by atoms with Crippen molar-refractivity contribution in [1.29, 1.82) is 0 Å². The first-order valence-electron chi connectivity index (χ1n) is 13.5. The summed E-state index contributed by atoms with van der Waals surface area (Å²) in [5.41, 5.74) is 1.88. The number of aliphatic hydroxyl groups excluding tert-OH is 1. The Balaban J connectivity index is 0.000000194. The highest BCUT2D eigenvalue weighted by atomic mass is 16.3. The lowest BCUT2D eigenvalue weighted by molar-refractivity contribution is -0.109. The van der Waals surface area contributed by atoms with E-state index >= 15 is 0 Å². The van der Waals surface area contributed by atoms with E-state index in [1.165, 1.54) is 11.1 Å². The van der Waals surface area contributed by atoms with E-state index in [2.05, 4.69) is 30.9 Å². The van der Waals surface area contributed by atoms with Crippen molar-refractivity contribution >= 4 is 30.0 Å². The highest BCUT2D eigenvalue weighted by Gasteiger charge is 2.22. The third kappa shape index (κ3) is 7.58. The third-order valence-corrected chi connectivity index (χ3v) is 6.64. The van der Waals surface area contributed by atoms with Crippen LogP contribution in [-0.2, 0) is 11.3 Å². The second kappa shape index (κ2) is 15.3. The van der Waals surface area contributed by atoms with E-state index in [0.29, 0.717) is 30.1 Å². The van der Waals surface area contributed by atoms with Crippen LogP contribution in [0, 0.1) is 6.92 Å². The summed E-state index contributed by atoms with van der Waals surface area (Å²) in [7, 11) is 3.88. The maximum absolute atomic E-state index is 12.1. The number of aldehydes is 1. The first-order valence-corrected chi connectivity index (χ1v) is 13.5. The molecule has 0 bridgehead atoms. The molecule has 220 valence electrons.